The van der Waals surface area contributed by atoms with Gasteiger partial charge in [0.05, 0.1) is 0 Å². The molecule has 1 unspecified atom stereocenters. The molecule has 0 aliphatic carbocycles. The SMILES string of the molecule is CCN1CCCC1CNCC(Cl)=CCl. The van der Waals surface area contributed by atoms with Gasteiger partial charge < -0.3 is 5.32 Å². The molecule has 1 fully saturated rings. The summed E-state index contributed by atoms with van der Waals surface area (Å²) in [5, 5.41) is 3.99. The lowest BCUT2D eigenvalue weighted by Gasteiger charge is -2.22. The molecule has 0 aromatic rings. The zero-order valence-corrected chi connectivity index (χ0v) is 10.1. The highest BCUT2D eigenvalue weighted by molar-refractivity contribution is 6.36. The third-order valence-electron chi connectivity index (χ3n) is 2.70. The number of likely N-dealkylation sites (N-methyl/N-ethyl adjacent to an activating group) is 1. The third kappa shape index (κ3) is 3.77. The number of nitrogens with one attached hydrogen (secondary N) is 1. The van der Waals surface area contributed by atoms with Crippen LogP contribution in [-0.2, 0) is 0 Å². The summed E-state index contributed by atoms with van der Waals surface area (Å²) in [6, 6.07) is 0.680. The third-order valence-corrected chi connectivity index (χ3v) is 3.32. The van der Waals surface area contributed by atoms with Crippen molar-refractivity contribution in [1.82, 2.24) is 10.2 Å². The van der Waals surface area contributed by atoms with Crippen LogP contribution in [-0.4, -0.2) is 37.1 Å². The van der Waals surface area contributed by atoms with Crippen LogP contribution in [0.25, 0.3) is 0 Å². The van der Waals surface area contributed by atoms with Crippen molar-refractivity contribution in [3.05, 3.63) is 10.6 Å². The van der Waals surface area contributed by atoms with Gasteiger partial charge in [0.25, 0.3) is 0 Å². The summed E-state index contributed by atoms with van der Waals surface area (Å²) in [7, 11) is 0. The molecule has 14 heavy (non-hydrogen) atoms. The maximum atomic E-state index is 5.77. The molecule has 1 N–H and O–H groups in total. The first kappa shape index (κ1) is 12.3. The van der Waals surface area contributed by atoms with Gasteiger partial charge in [-0.05, 0) is 25.9 Å². The minimum absolute atomic E-state index is 0.674. The highest BCUT2D eigenvalue weighted by Crippen LogP contribution is 2.15. The Morgan fingerprint density at radius 1 is 1.64 bits per heavy atom. The van der Waals surface area contributed by atoms with Crippen LogP contribution >= 0.6 is 23.2 Å². The molecule has 0 aromatic heterocycles. The van der Waals surface area contributed by atoms with Gasteiger partial charge in [-0.25, -0.2) is 0 Å². The van der Waals surface area contributed by atoms with Crippen molar-refractivity contribution < 1.29 is 0 Å². The summed E-state index contributed by atoms with van der Waals surface area (Å²) in [4.78, 5) is 2.51. The van der Waals surface area contributed by atoms with Gasteiger partial charge in [0.1, 0.15) is 0 Å². The fraction of sp³-hybridized carbons (Fsp3) is 0.800. The van der Waals surface area contributed by atoms with Crippen LogP contribution in [0.5, 0.6) is 0 Å². The summed E-state index contributed by atoms with van der Waals surface area (Å²) >= 11 is 11.2. The van der Waals surface area contributed by atoms with Gasteiger partial charge in [0.15, 0.2) is 0 Å². The average molecular weight is 237 g/mol. The van der Waals surface area contributed by atoms with Crippen molar-refractivity contribution in [2.24, 2.45) is 0 Å². The van der Waals surface area contributed by atoms with Crippen LogP contribution in [0.2, 0.25) is 0 Å². The van der Waals surface area contributed by atoms with E-state index < -0.39 is 0 Å². The molecule has 1 aliphatic rings. The van der Waals surface area contributed by atoms with Crippen LogP contribution < -0.4 is 5.32 Å². The number of hydrogen-bond acceptors (Lipinski definition) is 2. The minimum atomic E-state index is 0.674. The molecule has 0 bridgehead atoms. The van der Waals surface area contributed by atoms with Crippen LogP contribution in [0.1, 0.15) is 19.8 Å². The van der Waals surface area contributed by atoms with Crippen molar-refractivity contribution >= 4 is 23.2 Å². The molecule has 0 amide bonds. The second-order valence-electron chi connectivity index (χ2n) is 3.61. The molecule has 1 heterocycles. The van der Waals surface area contributed by atoms with E-state index in [1.54, 1.807) is 0 Å². The Labute approximate surface area is 96.2 Å². The monoisotopic (exact) mass is 236 g/mol. The molecular formula is C10H18Cl2N2. The summed E-state index contributed by atoms with van der Waals surface area (Å²) < 4.78 is 0. The first-order valence-electron chi connectivity index (χ1n) is 5.17. The van der Waals surface area contributed by atoms with Gasteiger partial charge in [-0.3, -0.25) is 4.90 Å². The average Bonchev–Trinajstić information content (AvgIpc) is 2.65. The first-order chi connectivity index (χ1) is 6.77. The smallest absolute Gasteiger partial charge is 0.0431 e. The van der Waals surface area contributed by atoms with Crippen LogP contribution in [0.4, 0.5) is 0 Å². The summed E-state index contributed by atoms with van der Waals surface area (Å²) in [6.07, 6.45) is 2.61. The molecule has 0 saturated carbocycles. The summed E-state index contributed by atoms with van der Waals surface area (Å²) in [5.74, 6) is 0. The van der Waals surface area contributed by atoms with E-state index in [9.17, 15) is 0 Å². The number of halogens is 2. The Kier molecular flexibility index (Phi) is 5.87. The molecule has 1 rings (SSSR count). The number of likely N-dealkylation sites (tertiary alicyclic amines) is 1. The van der Waals surface area contributed by atoms with Crippen LogP contribution in [0.3, 0.4) is 0 Å². The maximum absolute atomic E-state index is 5.77. The molecule has 0 spiro atoms. The minimum Gasteiger partial charge on any atom is -0.310 e. The van der Waals surface area contributed by atoms with E-state index in [4.69, 9.17) is 23.2 Å². The number of rotatable bonds is 5. The summed E-state index contributed by atoms with van der Waals surface area (Å²) in [5.41, 5.74) is 1.42. The normalized spacial score (nSPS) is 24.5. The quantitative estimate of drug-likeness (QED) is 0.789. The van der Waals surface area contributed by atoms with Gasteiger partial charge in [-0.15, -0.1) is 0 Å². The lowest BCUT2D eigenvalue weighted by atomic mass is 10.2. The van der Waals surface area contributed by atoms with E-state index in [2.05, 4.69) is 17.1 Å². The Bertz CT molecular complexity index is 195. The van der Waals surface area contributed by atoms with E-state index in [1.165, 1.54) is 24.9 Å². The highest BCUT2D eigenvalue weighted by Gasteiger charge is 2.21. The Balaban J connectivity index is 2.17. The second kappa shape index (κ2) is 6.67. The van der Waals surface area contributed by atoms with E-state index in [0.29, 0.717) is 17.6 Å². The fourth-order valence-electron chi connectivity index (χ4n) is 1.94. The molecule has 0 radical (unpaired) electrons. The van der Waals surface area contributed by atoms with E-state index >= 15 is 0 Å². The van der Waals surface area contributed by atoms with Crippen molar-refractivity contribution in [2.45, 2.75) is 25.8 Å². The Morgan fingerprint density at radius 3 is 3.07 bits per heavy atom. The molecule has 82 valence electrons. The number of hydrogen-bond donors (Lipinski definition) is 1. The maximum Gasteiger partial charge on any atom is 0.0431 e. The van der Waals surface area contributed by atoms with Gasteiger partial charge in [0.2, 0.25) is 0 Å². The van der Waals surface area contributed by atoms with Crippen molar-refractivity contribution in [3.63, 3.8) is 0 Å². The van der Waals surface area contributed by atoms with Crippen molar-refractivity contribution in [1.29, 1.82) is 0 Å². The highest BCUT2D eigenvalue weighted by atomic mass is 35.5. The lowest BCUT2D eigenvalue weighted by molar-refractivity contribution is 0.262. The second-order valence-corrected chi connectivity index (χ2v) is 4.32. The molecule has 1 atom stereocenters. The molecule has 0 aromatic carbocycles. The molecule has 1 saturated heterocycles. The molecule has 1 aliphatic heterocycles. The Morgan fingerprint density at radius 2 is 2.43 bits per heavy atom. The summed E-state index contributed by atoms with van der Waals surface area (Å²) in [6.45, 7) is 6.28. The molecule has 2 nitrogen and oxygen atoms in total. The van der Waals surface area contributed by atoms with E-state index in [1.807, 2.05) is 0 Å². The van der Waals surface area contributed by atoms with E-state index in [-0.39, 0.29) is 0 Å². The predicted molar refractivity (Wildman–Crippen MR) is 62.9 cm³/mol. The standard InChI is InChI=1S/C10H18Cl2N2/c1-2-14-5-3-4-10(14)8-13-7-9(12)6-11/h6,10,13H,2-5,7-8H2,1H3. The zero-order chi connectivity index (χ0) is 10.4. The Hall–Kier alpha value is 0.240. The van der Waals surface area contributed by atoms with E-state index in [0.717, 1.165) is 13.1 Å². The molecular weight excluding hydrogens is 219 g/mol. The lowest BCUT2D eigenvalue weighted by Crippen LogP contribution is -2.38. The van der Waals surface area contributed by atoms with Crippen LogP contribution in [0.15, 0.2) is 10.6 Å². The fourth-order valence-corrected chi connectivity index (χ4v) is 2.11. The predicted octanol–water partition coefficient (Wildman–Crippen LogP) is 2.38. The van der Waals surface area contributed by atoms with Gasteiger partial charge in [0, 0.05) is 29.7 Å². The first-order valence-corrected chi connectivity index (χ1v) is 5.99. The molecule has 4 heteroatoms. The van der Waals surface area contributed by atoms with Gasteiger partial charge in [-0.2, -0.15) is 0 Å². The largest absolute Gasteiger partial charge is 0.310 e. The topological polar surface area (TPSA) is 15.3 Å². The van der Waals surface area contributed by atoms with Gasteiger partial charge in [-0.1, -0.05) is 30.1 Å². The van der Waals surface area contributed by atoms with Crippen molar-refractivity contribution in [3.8, 4) is 0 Å². The van der Waals surface area contributed by atoms with Crippen molar-refractivity contribution in [2.75, 3.05) is 26.2 Å². The zero-order valence-electron chi connectivity index (χ0n) is 8.60. The van der Waals surface area contributed by atoms with Gasteiger partial charge >= 0.3 is 0 Å². The number of nitrogens with zero attached hydrogens (tertiary/aromatic N) is 1. The van der Waals surface area contributed by atoms with Crippen LogP contribution in [0, 0.1) is 0 Å².